The predicted molar refractivity (Wildman–Crippen MR) is 105 cm³/mol. The molecule has 30 heavy (non-hydrogen) atoms. The number of sulfonamides is 1. The maximum absolute atomic E-state index is 12.7. The number of nitrogens with zero attached hydrogens (tertiary/aromatic N) is 3. The van der Waals surface area contributed by atoms with Crippen molar-refractivity contribution in [1.82, 2.24) is 19.2 Å². The second-order valence-corrected chi connectivity index (χ2v) is 8.43. The highest BCUT2D eigenvalue weighted by atomic mass is 32.2. The maximum Gasteiger partial charge on any atom is 0.319 e. The van der Waals surface area contributed by atoms with E-state index in [1.807, 2.05) is 0 Å². The second kappa shape index (κ2) is 9.92. The van der Waals surface area contributed by atoms with Gasteiger partial charge in [-0.05, 0) is 23.8 Å². The Kier molecular flexibility index (Phi) is 7.29. The van der Waals surface area contributed by atoms with Crippen LogP contribution in [-0.4, -0.2) is 61.0 Å². The average molecular weight is 440 g/mol. The monoisotopic (exact) mass is 440 g/mol. The van der Waals surface area contributed by atoms with E-state index < -0.39 is 22.5 Å². The highest BCUT2D eigenvalue weighted by Gasteiger charge is 2.25. The number of amides is 1. The fourth-order valence-electron chi connectivity index (χ4n) is 2.93. The number of nitrogens with one attached hydrogen (secondary N) is 1. The summed E-state index contributed by atoms with van der Waals surface area (Å²) in [7, 11) is -3.56. The molecule has 0 bridgehead atoms. The summed E-state index contributed by atoms with van der Waals surface area (Å²) >= 11 is 0. The van der Waals surface area contributed by atoms with Crippen molar-refractivity contribution < 1.29 is 26.7 Å². The van der Waals surface area contributed by atoms with E-state index in [4.69, 9.17) is 4.74 Å². The molecule has 0 spiro atoms. The Morgan fingerprint density at radius 3 is 2.60 bits per heavy atom. The van der Waals surface area contributed by atoms with E-state index in [9.17, 15) is 22.0 Å². The number of alkyl halides is 2. The molecule has 1 aromatic heterocycles. The fourth-order valence-corrected chi connectivity index (χ4v) is 4.34. The lowest BCUT2D eigenvalue weighted by molar-refractivity contribution is -0.116. The van der Waals surface area contributed by atoms with Gasteiger partial charge in [0.25, 0.3) is 0 Å². The smallest absolute Gasteiger partial charge is 0.319 e. The van der Waals surface area contributed by atoms with Crippen LogP contribution in [0.1, 0.15) is 17.9 Å². The molecule has 8 nitrogen and oxygen atoms in total. The van der Waals surface area contributed by atoms with E-state index in [-0.39, 0.29) is 23.7 Å². The number of carbonyl (C=O) groups excluding carboxylic acids is 1. The van der Waals surface area contributed by atoms with Gasteiger partial charge in [-0.3, -0.25) is 9.36 Å². The van der Waals surface area contributed by atoms with E-state index >= 15 is 0 Å². The molecule has 1 aromatic carbocycles. The van der Waals surface area contributed by atoms with Crippen LogP contribution in [-0.2, 0) is 26.0 Å². The van der Waals surface area contributed by atoms with Crippen molar-refractivity contribution in [2.75, 3.05) is 32.8 Å². The first-order chi connectivity index (χ1) is 14.4. The lowest BCUT2D eigenvalue weighted by Crippen LogP contribution is -2.40. The van der Waals surface area contributed by atoms with Crippen molar-refractivity contribution in [2.24, 2.45) is 0 Å². The van der Waals surface area contributed by atoms with E-state index in [2.05, 4.69) is 10.3 Å². The van der Waals surface area contributed by atoms with Crippen molar-refractivity contribution in [3.05, 3.63) is 54.1 Å². The van der Waals surface area contributed by atoms with Crippen LogP contribution in [0.3, 0.4) is 0 Å². The third kappa shape index (κ3) is 5.49. The first-order valence-corrected chi connectivity index (χ1v) is 10.8. The number of benzene rings is 1. The van der Waals surface area contributed by atoms with Gasteiger partial charge in [0.2, 0.25) is 15.9 Å². The number of rotatable bonds is 8. The molecule has 0 atom stereocenters. The highest BCUT2D eigenvalue weighted by molar-refractivity contribution is 7.89. The SMILES string of the molecule is O=C(/C=C/c1ccc(S(=O)(=O)N2CCOCC2)cc1)NCCc1nccn1C(F)F. The zero-order chi connectivity index (χ0) is 21.6. The van der Waals surface area contributed by atoms with Crippen LogP contribution in [0.25, 0.3) is 6.08 Å². The number of hydrogen-bond donors (Lipinski definition) is 1. The Bertz CT molecular complexity index is 984. The molecule has 3 rings (SSSR count). The summed E-state index contributed by atoms with van der Waals surface area (Å²) in [5.41, 5.74) is 0.652. The van der Waals surface area contributed by atoms with Crippen LogP contribution in [0.5, 0.6) is 0 Å². The Hall–Kier alpha value is -2.63. The fraction of sp³-hybridized carbons (Fsp3) is 0.368. The topological polar surface area (TPSA) is 93.5 Å². The molecule has 1 fully saturated rings. The number of imidazole rings is 1. The van der Waals surface area contributed by atoms with E-state index in [0.29, 0.717) is 31.9 Å². The van der Waals surface area contributed by atoms with Crippen molar-refractivity contribution in [3.63, 3.8) is 0 Å². The molecule has 1 amide bonds. The summed E-state index contributed by atoms with van der Waals surface area (Å²) < 4.78 is 58.0. The van der Waals surface area contributed by atoms with Gasteiger partial charge in [-0.15, -0.1) is 0 Å². The summed E-state index contributed by atoms with van der Waals surface area (Å²) in [5.74, 6) is -0.207. The molecule has 162 valence electrons. The van der Waals surface area contributed by atoms with Crippen molar-refractivity contribution in [3.8, 4) is 0 Å². The van der Waals surface area contributed by atoms with Crippen LogP contribution in [0.2, 0.25) is 0 Å². The van der Waals surface area contributed by atoms with Crippen LogP contribution in [0.15, 0.2) is 47.6 Å². The van der Waals surface area contributed by atoms with Crippen LogP contribution < -0.4 is 5.32 Å². The van der Waals surface area contributed by atoms with E-state index in [1.165, 1.54) is 34.9 Å². The number of halogens is 2. The van der Waals surface area contributed by atoms with Gasteiger partial charge in [0.1, 0.15) is 5.82 Å². The summed E-state index contributed by atoms with van der Waals surface area (Å²) in [5, 5.41) is 2.60. The molecule has 2 aromatic rings. The van der Waals surface area contributed by atoms with E-state index in [1.54, 1.807) is 18.2 Å². The first-order valence-electron chi connectivity index (χ1n) is 9.31. The summed E-state index contributed by atoms with van der Waals surface area (Å²) in [6.07, 6.45) is 5.48. The molecular weight excluding hydrogens is 418 g/mol. The number of ether oxygens (including phenoxy) is 1. The zero-order valence-electron chi connectivity index (χ0n) is 16.1. The van der Waals surface area contributed by atoms with Gasteiger partial charge in [0.15, 0.2) is 0 Å². The quantitative estimate of drug-likeness (QED) is 0.631. The number of morpholine rings is 1. The van der Waals surface area contributed by atoms with Crippen LogP contribution >= 0.6 is 0 Å². The van der Waals surface area contributed by atoms with Crippen molar-refractivity contribution in [1.29, 1.82) is 0 Å². The number of aromatic nitrogens is 2. The van der Waals surface area contributed by atoms with Gasteiger partial charge in [0, 0.05) is 44.5 Å². The number of hydrogen-bond acceptors (Lipinski definition) is 5. The lowest BCUT2D eigenvalue weighted by Gasteiger charge is -2.26. The minimum atomic E-state index is -3.56. The van der Waals surface area contributed by atoms with Gasteiger partial charge >= 0.3 is 6.55 Å². The molecular formula is C19H22F2N4O4S. The van der Waals surface area contributed by atoms with Gasteiger partial charge < -0.3 is 10.1 Å². The molecule has 0 saturated carbocycles. The highest BCUT2D eigenvalue weighted by Crippen LogP contribution is 2.18. The minimum absolute atomic E-state index is 0.156. The molecule has 1 aliphatic heterocycles. The zero-order valence-corrected chi connectivity index (χ0v) is 16.9. The Balaban J connectivity index is 1.52. The molecule has 0 radical (unpaired) electrons. The average Bonchev–Trinajstić information content (AvgIpc) is 3.22. The van der Waals surface area contributed by atoms with Crippen molar-refractivity contribution >= 4 is 22.0 Å². The third-order valence-electron chi connectivity index (χ3n) is 4.52. The van der Waals surface area contributed by atoms with Gasteiger partial charge in [-0.25, -0.2) is 13.4 Å². The summed E-state index contributed by atoms with van der Waals surface area (Å²) in [4.78, 5) is 15.9. The lowest BCUT2D eigenvalue weighted by atomic mass is 10.2. The van der Waals surface area contributed by atoms with Gasteiger partial charge in [0.05, 0.1) is 18.1 Å². The van der Waals surface area contributed by atoms with Gasteiger partial charge in [-0.1, -0.05) is 12.1 Å². The molecule has 1 aliphatic rings. The molecule has 0 aliphatic carbocycles. The second-order valence-electron chi connectivity index (χ2n) is 6.49. The molecule has 1 N–H and O–H groups in total. The Morgan fingerprint density at radius 2 is 1.93 bits per heavy atom. The normalized spacial score (nSPS) is 15.7. The summed E-state index contributed by atoms with van der Waals surface area (Å²) in [6, 6.07) is 6.20. The van der Waals surface area contributed by atoms with Crippen molar-refractivity contribution in [2.45, 2.75) is 17.9 Å². The third-order valence-corrected chi connectivity index (χ3v) is 6.43. The summed E-state index contributed by atoms with van der Waals surface area (Å²) in [6.45, 7) is -1.13. The molecule has 2 heterocycles. The number of carbonyl (C=O) groups is 1. The van der Waals surface area contributed by atoms with Gasteiger partial charge in [-0.2, -0.15) is 13.1 Å². The molecule has 0 unspecified atom stereocenters. The minimum Gasteiger partial charge on any atom is -0.379 e. The maximum atomic E-state index is 12.7. The largest absolute Gasteiger partial charge is 0.379 e. The molecule has 11 heteroatoms. The predicted octanol–water partition coefficient (Wildman–Crippen LogP) is 1.67. The van der Waals surface area contributed by atoms with E-state index in [0.717, 1.165) is 4.57 Å². The first kappa shape index (κ1) is 22.1. The van der Waals surface area contributed by atoms with Crippen LogP contribution in [0.4, 0.5) is 8.78 Å². The van der Waals surface area contributed by atoms with Crippen LogP contribution in [0, 0.1) is 0 Å². The Morgan fingerprint density at radius 1 is 1.23 bits per heavy atom. The Labute approximate surface area is 173 Å². The standard InChI is InChI=1S/C19H22F2N4O4S/c20-19(21)25-10-9-22-17(25)7-8-23-18(26)6-3-15-1-4-16(5-2-15)30(27,28)24-11-13-29-14-12-24/h1-6,9-10,19H,7-8,11-14H2,(H,23,26)/b6-3+. The molecule has 1 saturated heterocycles.